The van der Waals surface area contributed by atoms with Crippen molar-refractivity contribution < 1.29 is 0 Å². The summed E-state index contributed by atoms with van der Waals surface area (Å²) in [5, 5.41) is 0. The van der Waals surface area contributed by atoms with E-state index in [-0.39, 0.29) is 0 Å². The highest BCUT2D eigenvalue weighted by Gasteiger charge is 2.22. The quantitative estimate of drug-likeness (QED) is 0.580. The molecule has 0 aliphatic heterocycles. The van der Waals surface area contributed by atoms with Gasteiger partial charge < -0.3 is 0 Å². The van der Waals surface area contributed by atoms with E-state index in [1.165, 1.54) is 10.0 Å². The number of halogens is 1. The van der Waals surface area contributed by atoms with Gasteiger partial charge in [-0.3, -0.25) is 0 Å². The first-order chi connectivity index (χ1) is 5.00. The average molecular weight is 262 g/mol. The molecule has 0 nitrogen and oxygen atoms in total. The van der Waals surface area contributed by atoms with Crippen molar-refractivity contribution in [2.75, 3.05) is 0 Å². The summed E-state index contributed by atoms with van der Waals surface area (Å²) in [5.41, 5.74) is 0.421. The fourth-order valence-electron chi connectivity index (χ4n) is 1.24. The van der Waals surface area contributed by atoms with Crippen molar-refractivity contribution in [3.63, 3.8) is 0 Å². The van der Waals surface area contributed by atoms with Crippen LogP contribution in [0.4, 0.5) is 0 Å². The van der Waals surface area contributed by atoms with Gasteiger partial charge >= 0.3 is 0 Å². The fraction of sp³-hybridized carbons (Fsp3) is 0.600. The molecule has 62 valence electrons. The van der Waals surface area contributed by atoms with Crippen LogP contribution in [0, 0.1) is 11.3 Å². The molecule has 1 unspecified atom stereocenters. The van der Waals surface area contributed by atoms with Crippen LogP contribution in [0.5, 0.6) is 0 Å². The Hall–Kier alpha value is 0.210. The zero-order valence-corrected chi connectivity index (χ0v) is 9.55. The molecule has 0 bridgehead atoms. The lowest BCUT2D eigenvalue weighted by Crippen LogP contribution is -2.18. The van der Waals surface area contributed by atoms with Crippen molar-refractivity contribution in [3.8, 4) is 0 Å². The standard InChI is InChI=1S/C10H15I/c1-10(2,3)8-4-6-9(11)7-5-8/h4,6-8H,5H2,1-3H3. The van der Waals surface area contributed by atoms with E-state index in [9.17, 15) is 0 Å². The Labute approximate surface area is 82.9 Å². The first-order valence-corrected chi connectivity index (χ1v) is 5.12. The highest BCUT2D eigenvalue weighted by Crippen LogP contribution is 2.34. The number of hydrogen-bond acceptors (Lipinski definition) is 0. The molecule has 1 atom stereocenters. The van der Waals surface area contributed by atoms with Crippen LogP contribution >= 0.6 is 22.6 Å². The van der Waals surface area contributed by atoms with Gasteiger partial charge in [-0.2, -0.15) is 0 Å². The average Bonchev–Trinajstić information content (AvgIpc) is 1.86. The molecule has 0 aromatic carbocycles. The molecule has 0 amide bonds. The molecular formula is C10H15I. The zero-order chi connectivity index (χ0) is 8.48. The van der Waals surface area contributed by atoms with E-state index in [0.717, 1.165) is 5.92 Å². The predicted octanol–water partition coefficient (Wildman–Crippen LogP) is 3.93. The smallest absolute Gasteiger partial charge is 0.00871 e. The SMILES string of the molecule is CC(C)(C)C1C=CC(I)=CC1. The van der Waals surface area contributed by atoms with Gasteiger partial charge in [-0.15, -0.1) is 0 Å². The van der Waals surface area contributed by atoms with Crippen LogP contribution in [0.1, 0.15) is 27.2 Å². The molecule has 0 N–H and O–H groups in total. The fourth-order valence-corrected chi connectivity index (χ4v) is 1.70. The summed E-state index contributed by atoms with van der Waals surface area (Å²) in [6.45, 7) is 6.90. The molecule has 0 saturated heterocycles. The normalized spacial score (nSPS) is 25.1. The molecule has 0 radical (unpaired) electrons. The van der Waals surface area contributed by atoms with Crippen LogP contribution in [0.25, 0.3) is 0 Å². The first-order valence-electron chi connectivity index (χ1n) is 4.04. The molecule has 0 saturated carbocycles. The maximum atomic E-state index is 2.37. The summed E-state index contributed by atoms with van der Waals surface area (Å²) in [6, 6.07) is 0. The van der Waals surface area contributed by atoms with E-state index in [2.05, 4.69) is 61.6 Å². The lowest BCUT2D eigenvalue weighted by molar-refractivity contribution is 0.293. The molecule has 1 heteroatoms. The van der Waals surface area contributed by atoms with Crippen LogP contribution < -0.4 is 0 Å². The van der Waals surface area contributed by atoms with Gasteiger partial charge in [0.15, 0.2) is 0 Å². The van der Waals surface area contributed by atoms with Gasteiger partial charge in [-0.25, -0.2) is 0 Å². The molecule has 0 aromatic heterocycles. The monoisotopic (exact) mass is 262 g/mol. The summed E-state index contributed by atoms with van der Waals surface area (Å²) in [4.78, 5) is 0. The first kappa shape index (κ1) is 9.30. The third-order valence-corrected chi connectivity index (χ3v) is 2.97. The van der Waals surface area contributed by atoms with E-state index >= 15 is 0 Å². The summed E-state index contributed by atoms with van der Waals surface area (Å²) >= 11 is 2.37. The minimum absolute atomic E-state index is 0.421. The van der Waals surface area contributed by atoms with Crippen molar-refractivity contribution in [3.05, 3.63) is 21.8 Å². The third-order valence-electron chi connectivity index (χ3n) is 2.17. The van der Waals surface area contributed by atoms with Gasteiger partial charge in [-0.05, 0) is 40.3 Å². The van der Waals surface area contributed by atoms with Crippen molar-refractivity contribution in [1.29, 1.82) is 0 Å². The van der Waals surface area contributed by atoms with Crippen molar-refractivity contribution in [2.24, 2.45) is 11.3 Å². The molecule has 11 heavy (non-hydrogen) atoms. The van der Waals surface area contributed by atoms with Crippen molar-refractivity contribution in [1.82, 2.24) is 0 Å². The summed E-state index contributed by atoms with van der Waals surface area (Å²) in [7, 11) is 0. The predicted molar refractivity (Wildman–Crippen MR) is 58.8 cm³/mol. The van der Waals surface area contributed by atoms with Crippen LogP contribution in [0.15, 0.2) is 21.8 Å². The maximum Gasteiger partial charge on any atom is 0.00871 e. The van der Waals surface area contributed by atoms with Crippen LogP contribution in [0.3, 0.4) is 0 Å². The maximum absolute atomic E-state index is 2.37. The molecule has 1 aliphatic carbocycles. The van der Waals surface area contributed by atoms with Crippen molar-refractivity contribution >= 4 is 22.6 Å². The molecule has 0 fully saturated rings. The molecule has 1 aliphatic rings. The Balaban J connectivity index is 2.63. The highest BCUT2D eigenvalue weighted by molar-refractivity contribution is 14.1. The highest BCUT2D eigenvalue weighted by atomic mass is 127. The van der Waals surface area contributed by atoms with Gasteiger partial charge in [0.2, 0.25) is 0 Å². The molecule has 0 aromatic rings. The Bertz CT molecular complexity index is 193. The topological polar surface area (TPSA) is 0 Å². The van der Waals surface area contributed by atoms with Gasteiger partial charge in [0, 0.05) is 3.58 Å². The van der Waals surface area contributed by atoms with Gasteiger partial charge in [0.1, 0.15) is 0 Å². The van der Waals surface area contributed by atoms with Crippen LogP contribution in [-0.2, 0) is 0 Å². The van der Waals surface area contributed by atoms with E-state index in [4.69, 9.17) is 0 Å². The Morgan fingerprint density at radius 2 is 2.09 bits per heavy atom. The molecule has 1 rings (SSSR count). The van der Waals surface area contributed by atoms with E-state index in [0.29, 0.717) is 5.41 Å². The second kappa shape index (κ2) is 3.30. The lowest BCUT2D eigenvalue weighted by atomic mass is 9.77. The summed E-state index contributed by atoms with van der Waals surface area (Å²) in [5.74, 6) is 0.723. The summed E-state index contributed by atoms with van der Waals surface area (Å²) < 4.78 is 1.38. The molecule has 0 spiro atoms. The third kappa shape index (κ3) is 2.62. The van der Waals surface area contributed by atoms with E-state index in [1.807, 2.05) is 0 Å². The second-order valence-electron chi connectivity index (χ2n) is 4.16. The van der Waals surface area contributed by atoms with Crippen LogP contribution in [-0.4, -0.2) is 0 Å². The zero-order valence-electron chi connectivity index (χ0n) is 7.39. The van der Waals surface area contributed by atoms with Gasteiger partial charge in [-0.1, -0.05) is 39.0 Å². The van der Waals surface area contributed by atoms with E-state index < -0.39 is 0 Å². The Morgan fingerprint density at radius 1 is 1.45 bits per heavy atom. The second-order valence-corrected chi connectivity index (χ2v) is 5.40. The number of allylic oxidation sites excluding steroid dienone is 4. The molecule has 0 heterocycles. The van der Waals surface area contributed by atoms with Crippen LogP contribution in [0.2, 0.25) is 0 Å². The Kier molecular flexibility index (Phi) is 2.79. The summed E-state index contributed by atoms with van der Waals surface area (Å²) in [6.07, 6.45) is 8.08. The Morgan fingerprint density at radius 3 is 2.45 bits per heavy atom. The van der Waals surface area contributed by atoms with E-state index in [1.54, 1.807) is 0 Å². The van der Waals surface area contributed by atoms with Crippen molar-refractivity contribution in [2.45, 2.75) is 27.2 Å². The van der Waals surface area contributed by atoms with Gasteiger partial charge in [0.05, 0.1) is 0 Å². The number of hydrogen-bond donors (Lipinski definition) is 0. The lowest BCUT2D eigenvalue weighted by Gasteiger charge is -2.28. The minimum Gasteiger partial charge on any atom is -0.0795 e. The van der Waals surface area contributed by atoms with Gasteiger partial charge in [0.25, 0.3) is 0 Å². The largest absolute Gasteiger partial charge is 0.0795 e. The molecular weight excluding hydrogens is 247 g/mol. The number of rotatable bonds is 0. The minimum atomic E-state index is 0.421.